The van der Waals surface area contributed by atoms with Crippen LogP contribution in [0.3, 0.4) is 0 Å². The maximum atomic E-state index is 10.7. The summed E-state index contributed by atoms with van der Waals surface area (Å²) in [6, 6.07) is 3.09. The third-order valence-electron chi connectivity index (χ3n) is 2.00. The average molecular weight is 221 g/mol. The Morgan fingerprint density at radius 1 is 1.50 bits per heavy atom. The molecule has 16 heavy (non-hydrogen) atoms. The highest BCUT2D eigenvalue weighted by atomic mass is 16.5. The van der Waals surface area contributed by atoms with E-state index in [-0.39, 0.29) is 5.75 Å². The second kappa shape index (κ2) is 5.92. The van der Waals surface area contributed by atoms with E-state index in [1.807, 2.05) is 6.92 Å². The summed E-state index contributed by atoms with van der Waals surface area (Å²) in [4.78, 5) is 10.7. The predicted octanol–water partition coefficient (Wildman–Crippen LogP) is 1.58. The number of benzene rings is 1. The van der Waals surface area contributed by atoms with Crippen molar-refractivity contribution < 1.29 is 14.6 Å². The molecule has 1 aromatic rings. The van der Waals surface area contributed by atoms with Gasteiger partial charge in [0.2, 0.25) is 0 Å². The molecule has 0 spiro atoms. The average Bonchev–Trinajstić information content (AvgIpc) is 2.30. The van der Waals surface area contributed by atoms with Crippen molar-refractivity contribution in [3.8, 4) is 11.5 Å². The lowest BCUT2D eigenvalue weighted by Gasteiger charge is -2.09. The van der Waals surface area contributed by atoms with Gasteiger partial charge in [-0.25, -0.2) is 0 Å². The highest BCUT2D eigenvalue weighted by Crippen LogP contribution is 2.32. The van der Waals surface area contributed by atoms with Gasteiger partial charge in [-0.2, -0.15) is 0 Å². The number of aldehydes is 1. The fourth-order valence-electron chi connectivity index (χ4n) is 1.31. The molecule has 0 saturated carbocycles. The molecule has 0 radical (unpaired) electrons. The number of hydrogen-bond acceptors (Lipinski definition) is 4. The van der Waals surface area contributed by atoms with Gasteiger partial charge in [-0.05, 0) is 19.1 Å². The van der Waals surface area contributed by atoms with Gasteiger partial charge in [0.1, 0.15) is 6.29 Å². The van der Waals surface area contributed by atoms with Crippen LogP contribution in [0.2, 0.25) is 0 Å². The highest BCUT2D eigenvalue weighted by Gasteiger charge is 2.08. The molecule has 0 saturated heterocycles. The Morgan fingerprint density at radius 3 is 2.81 bits per heavy atom. The third-order valence-corrected chi connectivity index (χ3v) is 2.00. The summed E-state index contributed by atoms with van der Waals surface area (Å²) in [5.74, 6) is 0.334. The SMILES string of the molecule is CCOc1cc(C=O)cc(C=CCN)c1O. The second-order valence-corrected chi connectivity index (χ2v) is 3.15. The molecule has 1 aromatic carbocycles. The molecule has 0 unspecified atom stereocenters. The molecule has 0 aliphatic rings. The third kappa shape index (κ3) is 2.84. The van der Waals surface area contributed by atoms with Crippen LogP contribution in [0.25, 0.3) is 6.08 Å². The molecule has 0 fully saturated rings. The van der Waals surface area contributed by atoms with E-state index in [1.54, 1.807) is 18.2 Å². The van der Waals surface area contributed by atoms with Crippen molar-refractivity contribution >= 4 is 12.4 Å². The zero-order valence-electron chi connectivity index (χ0n) is 9.14. The first-order chi connectivity index (χ1) is 7.72. The van der Waals surface area contributed by atoms with Gasteiger partial charge in [0.25, 0.3) is 0 Å². The fraction of sp³-hybridized carbons (Fsp3) is 0.250. The van der Waals surface area contributed by atoms with Crippen LogP contribution >= 0.6 is 0 Å². The largest absolute Gasteiger partial charge is 0.504 e. The summed E-state index contributed by atoms with van der Waals surface area (Å²) in [6.07, 6.45) is 4.06. The number of hydrogen-bond donors (Lipinski definition) is 2. The van der Waals surface area contributed by atoms with Crippen molar-refractivity contribution in [1.29, 1.82) is 0 Å². The Hall–Kier alpha value is -1.81. The number of aromatic hydroxyl groups is 1. The monoisotopic (exact) mass is 221 g/mol. The second-order valence-electron chi connectivity index (χ2n) is 3.15. The van der Waals surface area contributed by atoms with E-state index >= 15 is 0 Å². The van der Waals surface area contributed by atoms with Crippen LogP contribution in [0.5, 0.6) is 11.5 Å². The van der Waals surface area contributed by atoms with Gasteiger partial charge < -0.3 is 15.6 Å². The van der Waals surface area contributed by atoms with Crippen molar-refractivity contribution in [3.63, 3.8) is 0 Å². The van der Waals surface area contributed by atoms with Crippen LogP contribution in [0.4, 0.5) is 0 Å². The Balaban J connectivity index is 3.19. The summed E-state index contributed by atoms with van der Waals surface area (Å²) in [5, 5.41) is 9.83. The molecule has 0 atom stereocenters. The first-order valence-corrected chi connectivity index (χ1v) is 5.04. The first-order valence-electron chi connectivity index (χ1n) is 5.04. The fourth-order valence-corrected chi connectivity index (χ4v) is 1.31. The zero-order valence-corrected chi connectivity index (χ0v) is 9.14. The molecule has 3 N–H and O–H groups in total. The summed E-state index contributed by atoms with van der Waals surface area (Å²) in [6.45, 7) is 2.60. The molecule has 4 nitrogen and oxygen atoms in total. The van der Waals surface area contributed by atoms with Gasteiger partial charge in [-0.15, -0.1) is 0 Å². The molecular formula is C12H15NO3. The van der Waals surface area contributed by atoms with Gasteiger partial charge in [0.15, 0.2) is 11.5 Å². The van der Waals surface area contributed by atoms with Crippen molar-refractivity contribution in [1.82, 2.24) is 0 Å². The zero-order chi connectivity index (χ0) is 12.0. The van der Waals surface area contributed by atoms with Gasteiger partial charge in [0, 0.05) is 17.7 Å². The molecule has 86 valence electrons. The standard InChI is InChI=1S/C12H15NO3/c1-2-16-11-7-9(8-14)6-10(12(11)15)4-3-5-13/h3-4,6-8,15H,2,5,13H2,1H3. The van der Waals surface area contributed by atoms with E-state index < -0.39 is 0 Å². The lowest BCUT2D eigenvalue weighted by molar-refractivity contribution is 0.112. The van der Waals surface area contributed by atoms with Gasteiger partial charge in [-0.3, -0.25) is 4.79 Å². The molecule has 4 heteroatoms. The van der Waals surface area contributed by atoms with E-state index in [2.05, 4.69) is 0 Å². The summed E-state index contributed by atoms with van der Waals surface area (Å²) in [7, 11) is 0. The molecule has 0 aliphatic heterocycles. The summed E-state index contributed by atoms with van der Waals surface area (Å²) < 4.78 is 5.23. The minimum atomic E-state index is 0.0251. The number of carbonyl (C=O) groups excluding carboxylic acids is 1. The lowest BCUT2D eigenvalue weighted by Crippen LogP contribution is -1.96. The number of phenolic OH excluding ortho intramolecular Hbond substituents is 1. The van der Waals surface area contributed by atoms with Crippen LogP contribution in [0.15, 0.2) is 18.2 Å². The first kappa shape index (κ1) is 12.3. The maximum absolute atomic E-state index is 10.7. The van der Waals surface area contributed by atoms with E-state index in [9.17, 15) is 9.90 Å². The van der Waals surface area contributed by atoms with Crippen LogP contribution < -0.4 is 10.5 Å². The number of carbonyl (C=O) groups is 1. The minimum absolute atomic E-state index is 0.0251. The van der Waals surface area contributed by atoms with Gasteiger partial charge >= 0.3 is 0 Å². The number of ether oxygens (including phenoxy) is 1. The predicted molar refractivity (Wildman–Crippen MR) is 62.8 cm³/mol. The minimum Gasteiger partial charge on any atom is -0.504 e. The van der Waals surface area contributed by atoms with E-state index in [0.29, 0.717) is 36.3 Å². The molecule has 0 heterocycles. The van der Waals surface area contributed by atoms with Crippen LogP contribution in [0.1, 0.15) is 22.8 Å². The van der Waals surface area contributed by atoms with Crippen LogP contribution in [0, 0.1) is 0 Å². The molecule has 0 bridgehead atoms. The molecule has 0 aromatic heterocycles. The van der Waals surface area contributed by atoms with Crippen molar-refractivity contribution in [2.24, 2.45) is 5.73 Å². The highest BCUT2D eigenvalue weighted by molar-refractivity contribution is 5.79. The Bertz CT molecular complexity index is 399. The van der Waals surface area contributed by atoms with Crippen molar-refractivity contribution in [3.05, 3.63) is 29.3 Å². The molecule has 0 aliphatic carbocycles. The molecular weight excluding hydrogens is 206 g/mol. The van der Waals surface area contributed by atoms with Gasteiger partial charge in [-0.1, -0.05) is 12.2 Å². The number of phenols is 1. The normalized spacial score (nSPS) is 10.6. The Kier molecular flexibility index (Phi) is 4.54. The summed E-state index contributed by atoms with van der Waals surface area (Å²) in [5.41, 5.74) is 6.31. The number of rotatable bonds is 5. The van der Waals surface area contributed by atoms with E-state index in [0.717, 1.165) is 0 Å². The quantitative estimate of drug-likeness (QED) is 0.740. The molecule has 0 amide bonds. The lowest BCUT2D eigenvalue weighted by atomic mass is 10.1. The van der Waals surface area contributed by atoms with Crippen molar-refractivity contribution in [2.45, 2.75) is 6.92 Å². The van der Waals surface area contributed by atoms with Crippen molar-refractivity contribution in [2.75, 3.05) is 13.2 Å². The Labute approximate surface area is 94.3 Å². The van der Waals surface area contributed by atoms with Crippen LogP contribution in [-0.2, 0) is 0 Å². The maximum Gasteiger partial charge on any atom is 0.165 e. The van der Waals surface area contributed by atoms with E-state index in [4.69, 9.17) is 10.5 Å². The summed E-state index contributed by atoms with van der Waals surface area (Å²) >= 11 is 0. The smallest absolute Gasteiger partial charge is 0.165 e. The molecule has 1 rings (SSSR count). The van der Waals surface area contributed by atoms with Gasteiger partial charge in [0.05, 0.1) is 6.61 Å². The number of nitrogens with two attached hydrogens (primary N) is 1. The Morgan fingerprint density at radius 2 is 2.25 bits per heavy atom. The van der Waals surface area contributed by atoms with E-state index in [1.165, 1.54) is 6.07 Å². The van der Waals surface area contributed by atoms with Crippen LogP contribution in [-0.4, -0.2) is 24.5 Å². The topological polar surface area (TPSA) is 72.5 Å².